The standard InChI is InChI=1S/C49H65N7O10.C45H58N6O8/c1-37-20-21-51-45(34-37)56(48(60)66-49(2,3)4)23-8-15-46(58)52-36-47(59)54-44(40-18-16-39(17-19-40)43-14-7-11-38-10-5-6-13-42(38)43)35-41(57)12-9-24-61-26-28-63-30-32-65-33-31-64-29-27-62-25-22-53-55-50;1-35-19-20-47-39(32-35)10-3-5-14-44(53)48-34-45(54)50-43(38-17-15-37(16-18-38)42-13-6-9-36-8-2-4-12-41(36)42)33-40(52)11-7-22-55-24-26-57-28-30-59-31-29-58-27-25-56-23-21-49-51-46/h5-7,10-11,13-14,16-21,34,44H,8-9,12,15,22-33,35-36H2,1-4H3,(H,52,58)(H,54,59);2,4,6,8-9,12-13,15-20,32,43H,3,5,7,10-11,14,21-31,33-34H2,1H3,(H,48,53)(H,50,54)/t44-;43-/m00/s1. The maximum atomic E-state index is 13.3. The molecule has 4 N–H and O–H groups in total. The fraction of sp³-hybridized carbons (Fsp3) is 0.479. The van der Waals surface area contributed by atoms with Crippen molar-refractivity contribution >= 4 is 68.7 Å². The Morgan fingerprint density at radius 2 is 0.800 bits per heavy atom. The number of rotatable bonds is 62. The normalized spacial score (nSPS) is 11.6. The SMILES string of the molecule is Cc1ccnc(CCCCC(=O)NCC(=O)N[C@@H](CC(=O)CCCOCCOCCOCCOCCOCCN=[N+]=[N-])c2ccc(-c3cccc4ccccc34)cc2)c1.Cc1ccnc(N(CCCC(=O)NCC(=O)N[C@@H](CC(=O)CCCOCCOCCOCCOCCOCCN=[N+]=[N-])c2ccc(-c3cccc4ccccc34)cc2)C(=O)OC(C)(C)C)c1. The first-order chi connectivity index (χ1) is 60.9. The summed E-state index contributed by atoms with van der Waals surface area (Å²) < 4.78 is 60.3. The van der Waals surface area contributed by atoms with Crippen molar-refractivity contribution in [2.75, 3.05) is 170 Å². The molecule has 0 aliphatic heterocycles. The van der Waals surface area contributed by atoms with Crippen molar-refractivity contribution in [1.29, 1.82) is 0 Å². The maximum absolute atomic E-state index is 13.3. The Morgan fingerprint density at radius 1 is 0.416 bits per heavy atom. The molecule has 2 atom stereocenters. The summed E-state index contributed by atoms with van der Waals surface area (Å²) in [5.41, 5.74) is 24.6. The summed E-state index contributed by atoms with van der Waals surface area (Å²) in [4.78, 5) is 107. The van der Waals surface area contributed by atoms with Crippen LogP contribution in [0.25, 0.3) is 64.7 Å². The lowest BCUT2D eigenvalue weighted by molar-refractivity contribution is -0.127. The average Bonchev–Trinajstić information content (AvgIpc) is 0.805. The number of ether oxygens (including phenoxy) is 11. The van der Waals surface area contributed by atoms with Gasteiger partial charge in [-0.1, -0.05) is 144 Å². The molecule has 0 saturated carbocycles. The third-order valence-electron chi connectivity index (χ3n) is 19.2. The van der Waals surface area contributed by atoms with Gasteiger partial charge in [0.15, 0.2) is 0 Å². The fourth-order valence-electron chi connectivity index (χ4n) is 12.9. The third-order valence-corrected chi connectivity index (χ3v) is 19.2. The summed E-state index contributed by atoms with van der Waals surface area (Å²) in [5, 5.41) is 22.7. The molecule has 0 radical (unpaired) electrons. The van der Waals surface area contributed by atoms with Gasteiger partial charge in [0.25, 0.3) is 0 Å². The molecule has 31 nitrogen and oxygen atoms in total. The molecule has 5 amide bonds. The lowest BCUT2D eigenvalue weighted by Crippen LogP contribution is -2.40. The molecule has 0 saturated heterocycles. The molecule has 0 spiro atoms. The highest BCUT2D eigenvalue weighted by molar-refractivity contribution is 5.98. The Bertz CT molecular complexity index is 4630. The average molecular weight is 1720 g/mol. The van der Waals surface area contributed by atoms with E-state index in [1.807, 2.05) is 117 Å². The van der Waals surface area contributed by atoms with Crippen molar-refractivity contribution < 1.29 is 85.7 Å². The first-order valence-corrected chi connectivity index (χ1v) is 42.8. The van der Waals surface area contributed by atoms with Crippen molar-refractivity contribution in [2.24, 2.45) is 10.2 Å². The van der Waals surface area contributed by atoms with Gasteiger partial charge in [0.1, 0.15) is 23.0 Å². The molecule has 0 aliphatic rings. The van der Waals surface area contributed by atoms with Crippen LogP contribution in [0.4, 0.5) is 10.6 Å². The van der Waals surface area contributed by atoms with E-state index in [1.165, 1.54) is 4.90 Å². The number of aryl methyl sites for hydroxylation is 3. The molecule has 6 aromatic carbocycles. The second kappa shape index (κ2) is 60.4. The van der Waals surface area contributed by atoms with Crippen LogP contribution in [-0.4, -0.2) is 222 Å². The monoisotopic (exact) mass is 1720 g/mol. The number of azide groups is 2. The number of carbonyl (C=O) groups excluding carboxylic acids is 7. The zero-order valence-corrected chi connectivity index (χ0v) is 72.9. The van der Waals surface area contributed by atoms with Gasteiger partial charge in [-0.2, -0.15) is 0 Å². The second-order valence-electron chi connectivity index (χ2n) is 30.3. The number of unbranched alkanes of at least 4 members (excludes halogenated alkanes) is 1. The van der Waals surface area contributed by atoms with Gasteiger partial charge in [-0.05, 0) is 175 Å². The predicted molar refractivity (Wildman–Crippen MR) is 479 cm³/mol. The zero-order valence-electron chi connectivity index (χ0n) is 72.9. The van der Waals surface area contributed by atoms with Crippen LogP contribution in [0.15, 0.2) is 180 Å². The number of fused-ring (bicyclic) bond motifs is 2. The van der Waals surface area contributed by atoms with Crippen LogP contribution in [0.2, 0.25) is 0 Å². The quantitative estimate of drug-likeness (QED) is 0.0119. The number of pyridine rings is 2. The Kier molecular flexibility index (Phi) is 48.8. The molecule has 2 aromatic heterocycles. The van der Waals surface area contributed by atoms with E-state index in [1.54, 1.807) is 39.2 Å². The van der Waals surface area contributed by atoms with Crippen LogP contribution >= 0.6 is 0 Å². The second-order valence-corrected chi connectivity index (χ2v) is 30.3. The van der Waals surface area contributed by atoms with Crippen molar-refractivity contribution in [2.45, 2.75) is 129 Å². The highest BCUT2D eigenvalue weighted by Gasteiger charge is 2.26. The van der Waals surface area contributed by atoms with E-state index in [-0.39, 0.29) is 74.6 Å². The largest absolute Gasteiger partial charge is 0.443 e. The zero-order chi connectivity index (χ0) is 89.2. The fourth-order valence-corrected chi connectivity index (χ4v) is 12.9. The van der Waals surface area contributed by atoms with Crippen LogP contribution in [0, 0.1) is 13.8 Å². The van der Waals surface area contributed by atoms with E-state index < -0.39 is 29.7 Å². The minimum atomic E-state index is -0.721. The van der Waals surface area contributed by atoms with E-state index in [0.717, 1.165) is 84.6 Å². The third kappa shape index (κ3) is 42.4. The summed E-state index contributed by atoms with van der Waals surface area (Å²) in [6.45, 7) is 17.8. The van der Waals surface area contributed by atoms with Crippen LogP contribution < -0.4 is 26.2 Å². The topological polar surface area (TPSA) is 396 Å². The number of nitrogens with one attached hydrogen (secondary N) is 4. The van der Waals surface area contributed by atoms with Gasteiger partial charge >= 0.3 is 6.09 Å². The lowest BCUT2D eigenvalue weighted by Gasteiger charge is -2.27. The number of nitrogens with zero attached hydrogens (tertiary/aromatic N) is 9. The van der Waals surface area contributed by atoms with Gasteiger partial charge in [-0.25, -0.2) is 9.78 Å². The number of ketones is 2. The number of hydrogen-bond donors (Lipinski definition) is 4. The van der Waals surface area contributed by atoms with E-state index in [0.29, 0.717) is 190 Å². The van der Waals surface area contributed by atoms with Gasteiger partial charge in [-0.3, -0.25) is 38.7 Å². The molecule has 0 fully saturated rings. The van der Waals surface area contributed by atoms with Crippen LogP contribution in [0.5, 0.6) is 0 Å². The van der Waals surface area contributed by atoms with Gasteiger partial charge in [0.2, 0.25) is 23.6 Å². The molecule has 672 valence electrons. The molecule has 0 unspecified atom stereocenters. The number of hydrogen-bond acceptors (Lipinski definition) is 22. The van der Waals surface area contributed by atoms with Crippen LogP contribution in [-0.2, 0) is 87.3 Å². The van der Waals surface area contributed by atoms with E-state index in [9.17, 15) is 33.6 Å². The van der Waals surface area contributed by atoms with Gasteiger partial charge in [0, 0.05) is 99.3 Å². The number of anilines is 1. The Balaban J connectivity index is 0.000000345. The number of aromatic nitrogens is 2. The van der Waals surface area contributed by atoms with E-state index in [2.05, 4.69) is 99.8 Å². The molecular formula is C94H123N13O18. The highest BCUT2D eigenvalue weighted by Crippen LogP contribution is 2.33. The number of benzene rings is 6. The Hall–Kier alpha value is -11.2. The molecule has 0 bridgehead atoms. The molecule has 8 aromatic rings. The van der Waals surface area contributed by atoms with Crippen molar-refractivity contribution in [3.8, 4) is 22.3 Å². The van der Waals surface area contributed by atoms with Crippen molar-refractivity contribution in [1.82, 2.24) is 31.2 Å². The summed E-state index contributed by atoms with van der Waals surface area (Å²) in [6.07, 6.45) is 7.58. The number of Topliss-reactive ketones (excluding diaryl/α,β-unsaturated/α-hetero) is 2. The summed E-state index contributed by atoms with van der Waals surface area (Å²) in [5.74, 6) is -0.975. The van der Waals surface area contributed by atoms with Gasteiger partial charge in [-0.15, -0.1) is 0 Å². The summed E-state index contributed by atoms with van der Waals surface area (Å²) >= 11 is 0. The minimum absolute atomic E-state index is 0.000561. The molecule has 8 rings (SSSR count). The molecule has 2 heterocycles. The lowest BCUT2D eigenvalue weighted by atomic mass is 9.94. The molecule has 31 heteroatoms. The van der Waals surface area contributed by atoms with Crippen molar-refractivity contribution in [3.05, 3.63) is 219 Å². The molecular weight excluding hydrogens is 1600 g/mol. The molecule has 125 heavy (non-hydrogen) atoms. The first kappa shape index (κ1) is 101. The molecule has 0 aliphatic carbocycles. The van der Waals surface area contributed by atoms with Gasteiger partial charge in [0.05, 0.1) is 144 Å². The smallest absolute Gasteiger partial charge is 0.416 e. The van der Waals surface area contributed by atoms with E-state index >= 15 is 0 Å². The predicted octanol–water partition coefficient (Wildman–Crippen LogP) is 14.9. The van der Waals surface area contributed by atoms with Crippen molar-refractivity contribution in [3.63, 3.8) is 0 Å². The van der Waals surface area contributed by atoms with Crippen LogP contribution in [0.3, 0.4) is 0 Å². The summed E-state index contributed by atoms with van der Waals surface area (Å²) in [6, 6.07) is 50.9. The summed E-state index contributed by atoms with van der Waals surface area (Å²) in [7, 11) is 0. The van der Waals surface area contributed by atoms with Gasteiger partial charge < -0.3 is 73.4 Å². The Labute approximate surface area is 732 Å². The number of carbonyl (C=O) groups is 7. The van der Waals surface area contributed by atoms with E-state index in [4.69, 9.17) is 63.2 Å². The minimum Gasteiger partial charge on any atom is -0.443 e. The number of amides is 5. The van der Waals surface area contributed by atoms with Crippen LogP contribution in [0.1, 0.15) is 131 Å². The maximum Gasteiger partial charge on any atom is 0.416 e. The highest BCUT2D eigenvalue weighted by atomic mass is 16.6. The Morgan fingerprint density at radius 3 is 1.21 bits per heavy atom. The first-order valence-electron chi connectivity index (χ1n) is 42.8.